The van der Waals surface area contributed by atoms with E-state index in [2.05, 4.69) is 17.1 Å². The molecule has 116 valence electrons. The average Bonchev–Trinajstić information content (AvgIpc) is 2.49. The van der Waals surface area contributed by atoms with Crippen molar-refractivity contribution in [3.05, 3.63) is 29.8 Å². The molecular formula is C16H24N2O3. The van der Waals surface area contributed by atoms with Crippen LogP contribution in [-0.2, 0) is 11.2 Å². The lowest BCUT2D eigenvalue weighted by Gasteiger charge is -2.26. The van der Waals surface area contributed by atoms with Crippen molar-refractivity contribution in [2.24, 2.45) is 0 Å². The van der Waals surface area contributed by atoms with Crippen LogP contribution in [0.25, 0.3) is 0 Å². The molecule has 0 aromatic heterocycles. The van der Waals surface area contributed by atoms with Crippen LogP contribution in [0.2, 0.25) is 0 Å². The van der Waals surface area contributed by atoms with Crippen LogP contribution in [0.4, 0.5) is 4.79 Å². The normalized spacial score (nSPS) is 15.7. The van der Waals surface area contributed by atoms with Crippen LogP contribution in [-0.4, -0.2) is 50.4 Å². The summed E-state index contributed by atoms with van der Waals surface area (Å²) in [5.74, 6) is 0.602. The fraction of sp³-hybridized carbons (Fsp3) is 0.562. The molecule has 21 heavy (non-hydrogen) atoms. The van der Waals surface area contributed by atoms with Gasteiger partial charge in [0, 0.05) is 26.2 Å². The number of ether oxygens (including phenoxy) is 2. The number of benzene rings is 1. The third-order valence-corrected chi connectivity index (χ3v) is 3.45. The van der Waals surface area contributed by atoms with Crippen LogP contribution < -0.4 is 10.1 Å². The molecule has 1 aromatic carbocycles. The molecule has 5 nitrogen and oxygen atoms in total. The highest BCUT2D eigenvalue weighted by Gasteiger charge is 2.10. The van der Waals surface area contributed by atoms with E-state index in [0.29, 0.717) is 12.3 Å². The van der Waals surface area contributed by atoms with Gasteiger partial charge in [-0.2, -0.15) is 0 Å². The fourth-order valence-corrected chi connectivity index (χ4v) is 2.34. The second-order valence-electron chi connectivity index (χ2n) is 5.17. The predicted molar refractivity (Wildman–Crippen MR) is 81.7 cm³/mol. The van der Waals surface area contributed by atoms with Crippen molar-refractivity contribution in [3.8, 4) is 5.75 Å². The summed E-state index contributed by atoms with van der Waals surface area (Å²) in [4.78, 5) is 14.0. The van der Waals surface area contributed by atoms with Crippen LogP contribution in [0.1, 0.15) is 18.9 Å². The summed E-state index contributed by atoms with van der Waals surface area (Å²) in [5.41, 5.74) is 1.19. The Balaban J connectivity index is 1.70. The second-order valence-corrected chi connectivity index (χ2v) is 5.17. The van der Waals surface area contributed by atoms with Gasteiger partial charge in [0.1, 0.15) is 5.75 Å². The Kier molecular flexibility index (Phi) is 6.50. The number of aryl methyl sites for hydroxylation is 1. The van der Waals surface area contributed by atoms with Crippen molar-refractivity contribution < 1.29 is 14.3 Å². The molecule has 1 heterocycles. The quantitative estimate of drug-likeness (QED) is 0.872. The van der Waals surface area contributed by atoms with E-state index >= 15 is 0 Å². The fourth-order valence-electron chi connectivity index (χ4n) is 2.34. The highest BCUT2D eigenvalue weighted by Crippen LogP contribution is 2.14. The minimum absolute atomic E-state index is 0.392. The molecule has 1 N–H and O–H groups in total. The third-order valence-electron chi connectivity index (χ3n) is 3.45. The van der Waals surface area contributed by atoms with Crippen molar-refractivity contribution in [2.75, 3.05) is 39.4 Å². The first-order valence-corrected chi connectivity index (χ1v) is 7.62. The molecule has 0 atom stereocenters. The van der Waals surface area contributed by atoms with Gasteiger partial charge in [-0.15, -0.1) is 0 Å². The maximum Gasteiger partial charge on any atom is 0.412 e. The van der Waals surface area contributed by atoms with E-state index in [1.807, 2.05) is 18.2 Å². The maximum atomic E-state index is 11.7. The highest BCUT2D eigenvalue weighted by molar-refractivity contribution is 5.70. The van der Waals surface area contributed by atoms with E-state index in [0.717, 1.165) is 45.7 Å². The highest BCUT2D eigenvalue weighted by atomic mass is 16.6. The van der Waals surface area contributed by atoms with Crippen LogP contribution in [0.15, 0.2) is 24.3 Å². The molecule has 5 heteroatoms. The summed E-state index contributed by atoms with van der Waals surface area (Å²) in [6.45, 7) is 6.95. The molecule has 1 aliphatic rings. The van der Waals surface area contributed by atoms with Gasteiger partial charge in [-0.1, -0.05) is 25.5 Å². The maximum absolute atomic E-state index is 11.7. The van der Waals surface area contributed by atoms with Crippen molar-refractivity contribution in [1.29, 1.82) is 0 Å². The summed E-state index contributed by atoms with van der Waals surface area (Å²) in [6.07, 6.45) is 1.68. The first kappa shape index (κ1) is 15.8. The molecule has 0 radical (unpaired) electrons. The number of hydrogen-bond acceptors (Lipinski definition) is 4. The van der Waals surface area contributed by atoms with Gasteiger partial charge in [-0.25, -0.2) is 4.79 Å². The number of nitrogens with one attached hydrogen (secondary N) is 1. The lowest BCUT2D eigenvalue weighted by Crippen LogP contribution is -2.41. The topological polar surface area (TPSA) is 50.8 Å². The predicted octanol–water partition coefficient (Wildman–Crippen LogP) is 2.06. The van der Waals surface area contributed by atoms with Gasteiger partial charge in [0.2, 0.25) is 0 Å². The molecule has 2 rings (SSSR count). The Morgan fingerprint density at radius 1 is 1.38 bits per heavy atom. The number of nitrogens with zero attached hydrogens (tertiary/aromatic N) is 1. The molecule has 0 spiro atoms. The van der Waals surface area contributed by atoms with E-state index in [9.17, 15) is 4.79 Å². The molecule has 1 saturated heterocycles. The van der Waals surface area contributed by atoms with Crippen molar-refractivity contribution in [1.82, 2.24) is 10.2 Å². The molecule has 1 aliphatic heterocycles. The zero-order chi connectivity index (χ0) is 14.9. The van der Waals surface area contributed by atoms with Gasteiger partial charge in [-0.3, -0.25) is 4.90 Å². The van der Waals surface area contributed by atoms with Crippen LogP contribution in [0.5, 0.6) is 5.75 Å². The molecule has 1 amide bonds. The molecule has 1 aromatic rings. The monoisotopic (exact) mass is 292 g/mol. The summed E-state index contributed by atoms with van der Waals surface area (Å²) in [6, 6.07) is 7.69. The molecular weight excluding hydrogens is 268 g/mol. The van der Waals surface area contributed by atoms with E-state index in [1.165, 1.54) is 5.56 Å². The molecule has 1 fully saturated rings. The van der Waals surface area contributed by atoms with E-state index in [4.69, 9.17) is 9.47 Å². The summed E-state index contributed by atoms with van der Waals surface area (Å²) >= 11 is 0. The lowest BCUT2D eigenvalue weighted by atomic mass is 10.1. The number of rotatable bonds is 6. The summed E-state index contributed by atoms with van der Waals surface area (Å²) in [7, 11) is 0. The number of morpholine rings is 1. The SMILES string of the molecule is CCCc1cccc(OC(=O)NCCN2CCOCC2)c1. The second kappa shape index (κ2) is 8.64. The largest absolute Gasteiger partial charge is 0.412 e. The van der Waals surface area contributed by atoms with Gasteiger partial charge < -0.3 is 14.8 Å². The Morgan fingerprint density at radius 2 is 2.19 bits per heavy atom. The molecule has 0 saturated carbocycles. The van der Waals surface area contributed by atoms with Crippen LogP contribution in [0.3, 0.4) is 0 Å². The van der Waals surface area contributed by atoms with Gasteiger partial charge in [0.05, 0.1) is 13.2 Å². The smallest absolute Gasteiger partial charge is 0.410 e. The van der Waals surface area contributed by atoms with Gasteiger partial charge >= 0.3 is 6.09 Å². The standard InChI is InChI=1S/C16H24N2O3/c1-2-4-14-5-3-6-15(13-14)21-16(19)17-7-8-18-9-11-20-12-10-18/h3,5-6,13H,2,4,7-12H2,1H3,(H,17,19). The number of carbonyl (C=O) groups is 1. The Morgan fingerprint density at radius 3 is 2.95 bits per heavy atom. The zero-order valence-electron chi connectivity index (χ0n) is 12.6. The van der Waals surface area contributed by atoms with Gasteiger partial charge in [0.15, 0.2) is 0 Å². The minimum Gasteiger partial charge on any atom is -0.410 e. The first-order chi connectivity index (χ1) is 10.3. The van der Waals surface area contributed by atoms with E-state index < -0.39 is 6.09 Å². The molecule has 0 unspecified atom stereocenters. The molecule has 0 bridgehead atoms. The lowest BCUT2D eigenvalue weighted by molar-refractivity contribution is 0.0385. The van der Waals surface area contributed by atoms with Crippen molar-refractivity contribution in [2.45, 2.75) is 19.8 Å². The Hall–Kier alpha value is -1.59. The molecule has 0 aliphatic carbocycles. The third kappa shape index (κ3) is 5.73. The summed E-state index contributed by atoms with van der Waals surface area (Å²) < 4.78 is 10.6. The number of carbonyl (C=O) groups excluding carboxylic acids is 1. The Bertz CT molecular complexity index is 445. The van der Waals surface area contributed by atoms with E-state index in [-0.39, 0.29) is 0 Å². The average molecular weight is 292 g/mol. The van der Waals surface area contributed by atoms with E-state index in [1.54, 1.807) is 6.07 Å². The van der Waals surface area contributed by atoms with Gasteiger partial charge in [-0.05, 0) is 24.1 Å². The number of amides is 1. The van der Waals surface area contributed by atoms with Crippen LogP contribution >= 0.6 is 0 Å². The van der Waals surface area contributed by atoms with Crippen molar-refractivity contribution >= 4 is 6.09 Å². The van der Waals surface area contributed by atoms with Crippen molar-refractivity contribution in [3.63, 3.8) is 0 Å². The minimum atomic E-state index is -0.392. The zero-order valence-corrected chi connectivity index (χ0v) is 12.6. The van der Waals surface area contributed by atoms with Crippen LogP contribution in [0, 0.1) is 0 Å². The number of hydrogen-bond donors (Lipinski definition) is 1. The first-order valence-electron chi connectivity index (χ1n) is 7.62. The van der Waals surface area contributed by atoms with Gasteiger partial charge in [0.25, 0.3) is 0 Å². The Labute approximate surface area is 126 Å². The summed E-state index contributed by atoms with van der Waals surface area (Å²) in [5, 5.41) is 2.79.